The summed E-state index contributed by atoms with van der Waals surface area (Å²) in [6.07, 6.45) is 0. The van der Waals surface area contributed by atoms with E-state index < -0.39 is 21.8 Å². The van der Waals surface area contributed by atoms with Crippen molar-refractivity contribution in [1.29, 1.82) is 0 Å². The molecule has 0 heterocycles. The molecule has 0 radical (unpaired) electrons. The lowest BCUT2D eigenvalue weighted by atomic mass is 10.2. The van der Waals surface area contributed by atoms with Crippen LogP contribution in [-0.2, 0) is 10.0 Å². The third kappa shape index (κ3) is 3.98. The van der Waals surface area contributed by atoms with Crippen LogP contribution in [-0.4, -0.2) is 38.6 Å². The fraction of sp³-hybridized carbons (Fsp3) is 0.125. The molecule has 0 aromatic heterocycles. The Balaban J connectivity index is 2.10. The second-order valence-corrected chi connectivity index (χ2v) is 7.24. The van der Waals surface area contributed by atoms with Crippen LogP contribution in [0.15, 0.2) is 59.5 Å². The largest absolute Gasteiger partial charge is 0.269 e. The van der Waals surface area contributed by atoms with Gasteiger partial charge in [0.25, 0.3) is 11.8 Å². The van der Waals surface area contributed by atoms with Gasteiger partial charge in [0.2, 0.25) is 10.0 Å². The van der Waals surface area contributed by atoms with E-state index in [2.05, 4.69) is 10.9 Å². The summed E-state index contributed by atoms with van der Waals surface area (Å²) in [6.45, 7) is 0. The second kappa shape index (κ2) is 7.24. The van der Waals surface area contributed by atoms with E-state index >= 15 is 0 Å². The predicted molar refractivity (Wildman–Crippen MR) is 88.7 cm³/mol. The summed E-state index contributed by atoms with van der Waals surface area (Å²) in [5.41, 5.74) is 5.05. The van der Waals surface area contributed by atoms with Crippen LogP contribution in [0.2, 0.25) is 0 Å². The van der Waals surface area contributed by atoms with Gasteiger partial charge in [-0.2, -0.15) is 0 Å². The third-order valence-electron chi connectivity index (χ3n) is 3.20. The van der Waals surface area contributed by atoms with Crippen molar-refractivity contribution in [2.24, 2.45) is 0 Å². The van der Waals surface area contributed by atoms with E-state index in [1.165, 1.54) is 38.4 Å². The van der Waals surface area contributed by atoms with Gasteiger partial charge in [0.15, 0.2) is 0 Å². The van der Waals surface area contributed by atoms with Gasteiger partial charge in [0.05, 0.1) is 4.90 Å². The Morgan fingerprint density at radius 1 is 0.833 bits per heavy atom. The monoisotopic (exact) mass is 347 g/mol. The molecule has 7 nitrogen and oxygen atoms in total. The molecule has 0 unspecified atom stereocenters. The van der Waals surface area contributed by atoms with E-state index in [9.17, 15) is 18.0 Å². The van der Waals surface area contributed by atoms with Crippen molar-refractivity contribution >= 4 is 21.8 Å². The van der Waals surface area contributed by atoms with Crippen molar-refractivity contribution in [2.45, 2.75) is 4.90 Å². The number of carbonyl (C=O) groups is 2. The summed E-state index contributed by atoms with van der Waals surface area (Å²) in [4.78, 5) is 24.0. The van der Waals surface area contributed by atoms with Crippen LogP contribution in [0.5, 0.6) is 0 Å². The average Bonchev–Trinajstić information content (AvgIpc) is 2.60. The van der Waals surface area contributed by atoms with Gasteiger partial charge in [0.1, 0.15) is 0 Å². The first-order chi connectivity index (χ1) is 11.3. The van der Waals surface area contributed by atoms with Crippen LogP contribution < -0.4 is 10.9 Å². The zero-order valence-electron chi connectivity index (χ0n) is 13.2. The van der Waals surface area contributed by atoms with Gasteiger partial charge in [-0.15, -0.1) is 0 Å². The fourth-order valence-corrected chi connectivity index (χ4v) is 2.80. The Morgan fingerprint density at radius 3 is 1.96 bits per heavy atom. The molecule has 0 aliphatic heterocycles. The van der Waals surface area contributed by atoms with Crippen molar-refractivity contribution in [3.05, 3.63) is 65.7 Å². The molecule has 24 heavy (non-hydrogen) atoms. The fourth-order valence-electron chi connectivity index (χ4n) is 1.86. The number of amides is 2. The van der Waals surface area contributed by atoms with Gasteiger partial charge >= 0.3 is 0 Å². The normalized spacial score (nSPS) is 11.1. The highest BCUT2D eigenvalue weighted by Gasteiger charge is 2.19. The molecule has 2 amide bonds. The molecule has 0 saturated heterocycles. The number of hydrogen-bond acceptors (Lipinski definition) is 4. The number of rotatable bonds is 4. The van der Waals surface area contributed by atoms with Crippen molar-refractivity contribution < 1.29 is 18.0 Å². The van der Waals surface area contributed by atoms with Crippen LogP contribution >= 0.6 is 0 Å². The van der Waals surface area contributed by atoms with Gasteiger partial charge in [-0.1, -0.05) is 24.3 Å². The zero-order chi connectivity index (χ0) is 17.7. The Morgan fingerprint density at radius 2 is 1.38 bits per heavy atom. The van der Waals surface area contributed by atoms with E-state index in [0.717, 1.165) is 4.31 Å². The van der Waals surface area contributed by atoms with Crippen LogP contribution in [0.1, 0.15) is 20.7 Å². The van der Waals surface area contributed by atoms with E-state index in [-0.39, 0.29) is 10.5 Å². The number of nitrogens with one attached hydrogen (secondary N) is 2. The van der Waals surface area contributed by atoms with E-state index in [4.69, 9.17) is 0 Å². The smallest absolute Gasteiger partial charge is 0.267 e. The molecule has 126 valence electrons. The maximum atomic E-state index is 12.1. The summed E-state index contributed by atoms with van der Waals surface area (Å²) in [5, 5.41) is 0. The maximum absolute atomic E-state index is 12.1. The molecule has 0 aliphatic carbocycles. The van der Waals surface area contributed by atoms with Crippen LogP contribution in [0, 0.1) is 0 Å². The Bertz CT molecular complexity index is 849. The predicted octanol–water partition coefficient (Wildman–Crippen LogP) is 1.01. The second-order valence-electron chi connectivity index (χ2n) is 5.09. The Hall–Kier alpha value is -2.71. The first kappa shape index (κ1) is 17.6. The lowest BCUT2D eigenvalue weighted by molar-refractivity contribution is 0.0846. The number of carbonyl (C=O) groups excluding carboxylic acids is 2. The summed E-state index contributed by atoms with van der Waals surface area (Å²) < 4.78 is 25.2. The van der Waals surface area contributed by atoms with Gasteiger partial charge < -0.3 is 0 Å². The minimum atomic E-state index is -3.64. The van der Waals surface area contributed by atoms with Crippen LogP contribution in [0.3, 0.4) is 0 Å². The van der Waals surface area contributed by atoms with Gasteiger partial charge in [-0.25, -0.2) is 12.7 Å². The van der Waals surface area contributed by atoms with E-state index in [1.807, 2.05) is 0 Å². The molecular weight excluding hydrogens is 330 g/mol. The Kier molecular flexibility index (Phi) is 5.32. The zero-order valence-corrected chi connectivity index (χ0v) is 14.0. The highest BCUT2D eigenvalue weighted by atomic mass is 32.2. The average molecular weight is 347 g/mol. The first-order valence-electron chi connectivity index (χ1n) is 7.00. The molecule has 0 fully saturated rings. The van der Waals surface area contributed by atoms with E-state index in [1.54, 1.807) is 30.3 Å². The molecule has 2 rings (SSSR count). The minimum absolute atomic E-state index is 0.00506. The molecule has 0 atom stereocenters. The maximum Gasteiger partial charge on any atom is 0.269 e. The minimum Gasteiger partial charge on any atom is -0.267 e. The molecule has 0 bridgehead atoms. The molecule has 2 aromatic rings. The quantitative estimate of drug-likeness (QED) is 0.807. The summed E-state index contributed by atoms with van der Waals surface area (Å²) in [5.74, 6) is -1.09. The standard InChI is InChI=1S/C16H17N3O4S/c1-19(2)24(22,23)14-10-6-9-13(11-14)16(21)18-17-15(20)12-7-4-3-5-8-12/h3-11H,1-2H3,(H,17,20)(H,18,21). The SMILES string of the molecule is CN(C)S(=O)(=O)c1cccc(C(=O)NNC(=O)c2ccccc2)c1. The molecule has 8 heteroatoms. The van der Waals surface area contributed by atoms with Crippen LogP contribution in [0.25, 0.3) is 0 Å². The lowest BCUT2D eigenvalue weighted by Crippen LogP contribution is -2.41. The molecule has 0 aliphatic rings. The topological polar surface area (TPSA) is 95.6 Å². The third-order valence-corrected chi connectivity index (χ3v) is 5.01. The highest BCUT2D eigenvalue weighted by molar-refractivity contribution is 7.89. The molecule has 2 aromatic carbocycles. The van der Waals surface area contributed by atoms with Gasteiger partial charge in [0, 0.05) is 25.2 Å². The molecule has 0 saturated carbocycles. The van der Waals surface area contributed by atoms with Gasteiger partial charge in [-0.3, -0.25) is 20.4 Å². The number of hydrogen-bond donors (Lipinski definition) is 2. The molecule has 2 N–H and O–H groups in total. The lowest BCUT2D eigenvalue weighted by Gasteiger charge is -2.12. The van der Waals surface area contributed by atoms with Crippen LogP contribution in [0.4, 0.5) is 0 Å². The van der Waals surface area contributed by atoms with E-state index in [0.29, 0.717) is 5.56 Å². The van der Waals surface area contributed by atoms with Gasteiger partial charge in [-0.05, 0) is 30.3 Å². The van der Waals surface area contributed by atoms with Crippen molar-refractivity contribution in [3.8, 4) is 0 Å². The molecular formula is C16H17N3O4S. The Labute approximate surface area is 140 Å². The first-order valence-corrected chi connectivity index (χ1v) is 8.44. The number of hydrazine groups is 1. The number of sulfonamides is 1. The summed E-state index contributed by atoms with van der Waals surface area (Å²) >= 11 is 0. The number of benzene rings is 2. The highest BCUT2D eigenvalue weighted by Crippen LogP contribution is 2.14. The van der Waals surface area contributed by atoms with Crippen molar-refractivity contribution in [2.75, 3.05) is 14.1 Å². The summed E-state index contributed by atoms with van der Waals surface area (Å²) in [6, 6.07) is 13.9. The number of nitrogens with zero attached hydrogens (tertiary/aromatic N) is 1. The summed E-state index contributed by atoms with van der Waals surface area (Å²) in [7, 11) is -0.831. The van der Waals surface area contributed by atoms with Crippen molar-refractivity contribution in [1.82, 2.24) is 15.2 Å². The molecule has 0 spiro atoms. The van der Waals surface area contributed by atoms with Crippen molar-refractivity contribution in [3.63, 3.8) is 0 Å².